The first kappa shape index (κ1) is 17.9. The highest BCUT2D eigenvalue weighted by Gasteiger charge is 2.63. The van der Waals surface area contributed by atoms with Crippen LogP contribution in [0.15, 0.2) is 30.6 Å². The zero-order valence-corrected chi connectivity index (χ0v) is 13.8. The van der Waals surface area contributed by atoms with E-state index in [1.165, 1.54) is 6.07 Å². The lowest BCUT2D eigenvalue weighted by atomic mass is 9.85. The van der Waals surface area contributed by atoms with Crippen molar-refractivity contribution in [3.05, 3.63) is 36.3 Å². The Kier molecular flexibility index (Phi) is 4.43. The second kappa shape index (κ2) is 6.43. The van der Waals surface area contributed by atoms with Crippen LogP contribution in [0.1, 0.15) is 16.9 Å². The first-order valence-corrected chi connectivity index (χ1v) is 7.82. The Balaban J connectivity index is 1.82. The Morgan fingerprint density at radius 1 is 1.31 bits per heavy atom. The van der Waals surface area contributed by atoms with Crippen LogP contribution in [-0.4, -0.2) is 58.2 Å². The van der Waals surface area contributed by atoms with Crippen molar-refractivity contribution in [2.45, 2.75) is 12.6 Å². The molecule has 0 spiro atoms. The number of carbonyl (C=O) groups excluding carboxylic acids is 2. The molecule has 26 heavy (non-hydrogen) atoms. The minimum Gasteiger partial charge on any atom is -0.358 e. The number of alkyl halides is 3. The fraction of sp³-hybridized carbons (Fsp3) is 0.375. The number of aromatic amines is 1. The van der Waals surface area contributed by atoms with Crippen molar-refractivity contribution in [3.63, 3.8) is 0 Å². The Labute approximate surface area is 146 Å². The Morgan fingerprint density at radius 2 is 2.00 bits per heavy atom. The van der Waals surface area contributed by atoms with Gasteiger partial charge >= 0.3 is 6.18 Å². The molecule has 2 N–H and O–H groups in total. The molecule has 0 saturated carbocycles. The van der Waals surface area contributed by atoms with E-state index in [-0.39, 0.29) is 12.2 Å². The van der Waals surface area contributed by atoms with Gasteiger partial charge in [0, 0.05) is 38.1 Å². The summed E-state index contributed by atoms with van der Waals surface area (Å²) in [6, 6.07) is 4.85. The highest BCUT2D eigenvalue weighted by Crippen LogP contribution is 2.45. The van der Waals surface area contributed by atoms with E-state index in [0.717, 1.165) is 11.9 Å². The van der Waals surface area contributed by atoms with Gasteiger partial charge in [0.25, 0.3) is 5.91 Å². The third-order valence-corrected chi connectivity index (χ3v) is 4.55. The maximum atomic E-state index is 13.5. The highest BCUT2D eigenvalue weighted by atomic mass is 19.4. The summed E-state index contributed by atoms with van der Waals surface area (Å²) < 4.78 is 40.5. The van der Waals surface area contributed by atoms with Crippen molar-refractivity contribution in [2.75, 3.05) is 20.1 Å². The molecule has 10 heteroatoms. The zero-order valence-electron chi connectivity index (χ0n) is 13.8. The van der Waals surface area contributed by atoms with Crippen LogP contribution in [0, 0.1) is 5.41 Å². The molecule has 0 aliphatic carbocycles. The van der Waals surface area contributed by atoms with Crippen LogP contribution in [0.2, 0.25) is 0 Å². The number of likely N-dealkylation sites (tertiary alicyclic amines) is 1. The third kappa shape index (κ3) is 2.91. The van der Waals surface area contributed by atoms with Crippen molar-refractivity contribution in [3.8, 4) is 11.3 Å². The minimum atomic E-state index is -4.75. The van der Waals surface area contributed by atoms with Crippen LogP contribution in [0.3, 0.4) is 0 Å². The van der Waals surface area contributed by atoms with Crippen LogP contribution in [-0.2, 0) is 4.79 Å². The Bertz CT molecular complexity index is 821. The molecule has 0 radical (unpaired) electrons. The van der Waals surface area contributed by atoms with Crippen molar-refractivity contribution < 1.29 is 22.8 Å². The van der Waals surface area contributed by atoms with E-state index >= 15 is 0 Å². The lowest BCUT2D eigenvalue weighted by Crippen LogP contribution is -2.52. The molecule has 7 nitrogen and oxygen atoms in total. The Morgan fingerprint density at radius 3 is 2.62 bits per heavy atom. The van der Waals surface area contributed by atoms with Crippen molar-refractivity contribution in [2.24, 2.45) is 5.41 Å². The second-order valence-corrected chi connectivity index (χ2v) is 6.04. The number of H-pyrrole nitrogens is 1. The fourth-order valence-corrected chi connectivity index (χ4v) is 3.04. The molecule has 1 unspecified atom stereocenters. The first-order valence-electron chi connectivity index (χ1n) is 7.82. The van der Waals surface area contributed by atoms with E-state index in [1.54, 1.807) is 24.5 Å². The Hall–Kier alpha value is -2.91. The smallest absolute Gasteiger partial charge is 0.358 e. The minimum absolute atomic E-state index is 0.0618. The van der Waals surface area contributed by atoms with E-state index in [4.69, 9.17) is 0 Å². The molecule has 138 valence electrons. The molecule has 1 atom stereocenters. The van der Waals surface area contributed by atoms with Gasteiger partial charge in [0.1, 0.15) is 5.69 Å². The molecule has 2 aromatic rings. The number of halogens is 3. The number of amides is 2. The molecule has 0 bridgehead atoms. The number of hydrogen-bond acceptors (Lipinski definition) is 4. The molecule has 1 aliphatic heterocycles. The summed E-state index contributed by atoms with van der Waals surface area (Å²) in [7, 11) is 1.15. The SMILES string of the molecule is CNC(=O)C1(C(F)(F)F)CCN(C(=O)c2cc(-c3ccncc3)n[nH]2)C1. The molecule has 2 aromatic heterocycles. The summed E-state index contributed by atoms with van der Waals surface area (Å²) in [5, 5.41) is 8.62. The number of nitrogens with one attached hydrogen (secondary N) is 2. The average Bonchev–Trinajstić information content (AvgIpc) is 3.29. The second-order valence-electron chi connectivity index (χ2n) is 6.04. The van der Waals surface area contributed by atoms with Crippen LogP contribution in [0.25, 0.3) is 11.3 Å². The number of pyridine rings is 1. The van der Waals surface area contributed by atoms with Crippen molar-refractivity contribution in [1.29, 1.82) is 0 Å². The third-order valence-electron chi connectivity index (χ3n) is 4.55. The van der Waals surface area contributed by atoms with E-state index in [9.17, 15) is 22.8 Å². The summed E-state index contributed by atoms with van der Waals surface area (Å²) >= 11 is 0. The molecule has 3 rings (SSSR count). The summed E-state index contributed by atoms with van der Waals surface area (Å²) in [6.45, 7) is -0.895. The summed E-state index contributed by atoms with van der Waals surface area (Å²) in [5.74, 6) is -1.77. The summed E-state index contributed by atoms with van der Waals surface area (Å²) in [4.78, 5) is 29.3. The van der Waals surface area contributed by atoms with E-state index in [2.05, 4.69) is 20.5 Å². The van der Waals surface area contributed by atoms with Crippen LogP contribution in [0.5, 0.6) is 0 Å². The normalized spacial score (nSPS) is 20.2. The lowest BCUT2D eigenvalue weighted by molar-refractivity contribution is -0.217. The monoisotopic (exact) mass is 367 g/mol. The largest absolute Gasteiger partial charge is 0.404 e. The van der Waals surface area contributed by atoms with Gasteiger partial charge in [0.05, 0.1) is 5.69 Å². The van der Waals surface area contributed by atoms with Gasteiger partial charge in [0.15, 0.2) is 5.41 Å². The van der Waals surface area contributed by atoms with Gasteiger partial charge in [0.2, 0.25) is 5.91 Å². The standard InChI is InChI=1S/C16H16F3N5O2/c1-20-14(26)15(16(17,18)19)4-7-24(9-15)13(25)12-8-11(22-23-12)10-2-5-21-6-3-10/h2-3,5-6,8H,4,7,9H2,1H3,(H,20,26)(H,22,23). The van der Waals surface area contributed by atoms with E-state index in [0.29, 0.717) is 11.3 Å². The van der Waals surface area contributed by atoms with Crippen molar-refractivity contribution >= 4 is 11.8 Å². The molecular formula is C16H16F3N5O2. The molecule has 1 aliphatic rings. The maximum absolute atomic E-state index is 13.5. The van der Waals surface area contributed by atoms with Gasteiger partial charge in [-0.3, -0.25) is 19.7 Å². The van der Waals surface area contributed by atoms with Crippen LogP contribution < -0.4 is 5.32 Å². The number of carbonyl (C=O) groups is 2. The predicted octanol–water partition coefficient (Wildman–Crippen LogP) is 1.61. The fourth-order valence-electron chi connectivity index (χ4n) is 3.04. The van der Waals surface area contributed by atoms with Crippen molar-refractivity contribution in [1.82, 2.24) is 25.4 Å². The first-order chi connectivity index (χ1) is 12.3. The number of nitrogens with zero attached hydrogens (tertiary/aromatic N) is 3. The molecular weight excluding hydrogens is 351 g/mol. The molecule has 2 amide bonds. The van der Waals surface area contributed by atoms with Gasteiger partial charge in [-0.1, -0.05) is 0 Å². The predicted molar refractivity (Wildman–Crippen MR) is 84.9 cm³/mol. The topological polar surface area (TPSA) is 91.0 Å². The summed E-state index contributed by atoms with van der Waals surface area (Å²) in [5.41, 5.74) is -1.34. The number of hydrogen-bond donors (Lipinski definition) is 2. The molecule has 0 aromatic carbocycles. The van der Waals surface area contributed by atoms with Gasteiger partial charge in [-0.05, 0) is 24.6 Å². The maximum Gasteiger partial charge on any atom is 0.404 e. The number of aromatic nitrogens is 3. The van der Waals surface area contributed by atoms with E-state index < -0.39 is 36.4 Å². The van der Waals surface area contributed by atoms with Gasteiger partial charge < -0.3 is 10.2 Å². The zero-order chi connectivity index (χ0) is 18.9. The van der Waals surface area contributed by atoms with Gasteiger partial charge in [-0.25, -0.2) is 0 Å². The lowest BCUT2D eigenvalue weighted by Gasteiger charge is -2.29. The van der Waals surface area contributed by atoms with Crippen LogP contribution in [0.4, 0.5) is 13.2 Å². The summed E-state index contributed by atoms with van der Waals surface area (Å²) in [6.07, 6.45) is -2.11. The number of rotatable bonds is 3. The quantitative estimate of drug-likeness (QED) is 0.862. The molecule has 1 fully saturated rings. The molecule has 3 heterocycles. The molecule has 1 saturated heterocycles. The van der Waals surface area contributed by atoms with Crippen LogP contribution >= 0.6 is 0 Å². The average molecular weight is 367 g/mol. The van der Waals surface area contributed by atoms with E-state index in [1.807, 2.05) is 0 Å². The van der Waals surface area contributed by atoms with Gasteiger partial charge in [-0.15, -0.1) is 0 Å². The van der Waals surface area contributed by atoms with Gasteiger partial charge in [-0.2, -0.15) is 18.3 Å². The highest BCUT2D eigenvalue weighted by molar-refractivity contribution is 5.94.